The Hall–Kier alpha value is -0.910. The third kappa shape index (κ3) is 4.30. The van der Waals surface area contributed by atoms with Crippen molar-refractivity contribution < 1.29 is 8.42 Å². The number of hydrogen-bond acceptors (Lipinski definition) is 3. The Labute approximate surface area is 115 Å². The molecule has 2 N–H and O–H groups in total. The molecule has 0 bridgehead atoms. The summed E-state index contributed by atoms with van der Waals surface area (Å²) in [7, 11) is -3.22. The van der Waals surface area contributed by atoms with Crippen LogP contribution in [0.2, 0.25) is 0 Å². The molecule has 5 heteroatoms. The van der Waals surface area contributed by atoms with E-state index >= 15 is 0 Å². The minimum Gasteiger partial charge on any atom is -0.315 e. The quantitative estimate of drug-likeness (QED) is 0.855. The highest BCUT2D eigenvalue weighted by Gasteiger charge is 2.28. The van der Waals surface area contributed by atoms with Gasteiger partial charge in [-0.1, -0.05) is 30.3 Å². The number of sulfonamides is 1. The van der Waals surface area contributed by atoms with Gasteiger partial charge in [0.05, 0.1) is 5.25 Å². The van der Waals surface area contributed by atoms with Crippen molar-refractivity contribution in [1.29, 1.82) is 0 Å². The molecule has 1 aliphatic heterocycles. The van der Waals surface area contributed by atoms with Gasteiger partial charge in [-0.15, -0.1) is 0 Å². The predicted octanol–water partition coefficient (Wildman–Crippen LogP) is 1.29. The van der Waals surface area contributed by atoms with Crippen LogP contribution >= 0.6 is 0 Å². The molecule has 2 rings (SSSR count). The molecule has 0 radical (unpaired) electrons. The first-order chi connectivity index (χ1) is 9.08. The van der Waals surface area contributed by atoms with Gasteiger partial charge in [0.25, 0.3) is 0 Å². The molecule has 2 atom stereocenters. The topological polar surface area (TPSA) is 58.2 Å². The van der Waals surface area contributed by atoms with Gasteiger partial charge in [-0.25, -0.2) is 13.1 Å². The molecule has 4 nitrogen and oxygen atoms in total. The van der Waals surface area contributed by atoms with Crippen molar-refractivity contribution in [3.05, 3.63) is 35.9 Å². The molecule has 2 unspecified atom stereocenters. The number of hydrogen-bond donors (Lipinski definition) is 2. The summed E-state index contributed by atoms with van der Waals surface area (Å²) in [5.74, 6) is 0. The first-order valence-electron chi connectivity index (χ1n) is 6.84. The lowest BCUT2D eigenvalue weighted by Gasteiger charge is -2.25. The highest BCUT2D eigenvalue weighted by atomic mass is 32.2. The van der Waals surface area contributed by atoms with Crippen molar-refractivity contribution in [2.24, 2.45) is 0 Å². The van der Waals surface area contributed by atoms with Gasteiger partial charge >= 0.3 is 0 Å². The lowest BCUT2D eigenvalue weighted by Crippen LogP contribution is -2.47. The molecule has 1 heterocycles. The van der Waals surface area contributed by atoms with E-state index in [0.29, 0.717) is 6.54 Å². The molecule has 106 valence electrons. The van der Waals surface area contributed by atoms with E-state index in [0.717, 1.165) is 31.4 Å². The second-order valence-electron chi connectivity index (χ2n) is 5.22. The Morgan fingerprint density at radius 2 is 2.11 bits per heavy atom. The minimum atomic E-state index is -3.22. The first kappa shape index (κ1) is 14.5. The fourth-order valence-electron chi connectivity index (χ4n) is 2.47. The van der Waals surface area contributed by atoms with Gasteiger partial charge in [-0.05, 0) is 38.3 Å². The maximum absolute atomic E-state index is 12.2. The van der Waals surface area contributed by atoms with Gasteiger partial charge in [0.1, 0.15) is 0 Å². The monoisotopic (exact) mass is 282 g/mol. The first-order valence-corrected chi connectivity index (χ1v) is 8.38. The average Bonchev–Trinajstić information content (AvgIpc) is 2.40. The predicted molar refractivity (Wildman–Crippen MR) is 77.6 cm³/mol. The summed E-state index contributed by atoms with van der Waals surface area (Å²) >= 11 is 0. The molecule has 0 amide bonds. The third-order valence-electron chi connectivity index (χ3n) is 3.44. The molecule has 0 aliphatic carbocycles. The van der Waals surface area contributed by atoms with Crippen molar-refractivity contribution in [3.8, 4) is 0 Å². The molecule has 19 heavy (non-hydrogen) atoms. The van der Waals surface area contributed by atoms with Crippen LogP contribution < -0.4 is 10.0 Å². The Bertz CT molecular complexity index is 481. The molecule has 1 saturated heterocycles. The zero-order valence-electron chi connectivity index (χ0n) is 11.3. The van der Waals surface area contributed by atoms with Gasteiger partial charge in [0.2, 0.25) is 10.0 Å². The van der Waals surface area contributed by atoms with Crippen LogP contribution in [0, 0.1) is 0 Å². The molecule has 0 spiro atoms. The smallest absolute Gasteiger partial charge is 0.215 e. The third-order valence-corrected chi connectivity index (χ3v) is 5.45. The summed E-state index contributed by atoms with van der Waals surface area (Å²) in [5.41, 5.74) is 1.15. The van der Waals surface area contributed by atoms with E-state index in [1.807, 2.05) is 37.3 Å². The number of rotatable bonds is 5. The van der Waals surface area contributed by atoms with E-state index in [-0.39, 0.29) is 11.3 Å². The summed E-state index contributed by atoms with van der Waals surface area (Å²) in [6.45, 7) is 3.40. The SMILES string of the molecule is CC(Cc1ccccc1)NS(=O)(=O)C1CCCNC1. The summed E-state index contributed by atoms with van der Waals surface area (Å²) in [5, 5.41) is 2.85. The highest BCUT2D eigenvalue weighted by molar-refractivity contribution is 7.90. The summed E-state index contributed by atoms with van der Waals surface area (Å²) in [6.07, 6.45) is 2.40. The van der Waals surface area contributed by atoms with Gasteiger partial charge < -0.3 is 5.32 Å². The van der Waals surface area contributed by atoms with Crippen molar-refractivity contribution in [3.63, 3.8) is 0 Å². The van der Waals surface area contributed by atoms with Crippen LogP contribution in [0.1, 0.15) is 25.3 Å². The van der Waals surface area contributed by atoms with Crippen LogP contribution in [0.4, 0.5) is 0 Å². The molecule has 1 aromatic carbocycles. The second-order valence-corrected chi connectivity index (χ2v) is 7.21. The zero-order valence-corrected chi connectivity index (χ0v) is 12.1. The molecule has 0 saturated carbocycles. The van der Waals surface area contributed by atoms with E-state index in [9.17, 15) is 8.42 Å². The van der Waals surface area contributed by atoms with Crippen LogP contribution in [0.5, 0.6) is 0 Å². The fourth-order valence-corrected chi connectivity index (χ4v) is 4.12. The normalized spacial score (nSPS) is 22.1. The standard InChI is InChI=1S/C14H22N2O2S/c1-12(10-13-6-3-2-4-7-13)16-19(17,18)14-8-5-9-15-11-14/h2-4,6-7,12,14-16H,5,8-11H2,1H3. The van der Waals surface area contributed by atoms with Crippen LogP contribution in [-0.4, -0.2) is 32.8 Å². The highest BCUT2D eigenvalue weighted by Crippen LogP contribution is 2.12. The maximum atomic E-state index is 12.2. The summed E-state index contributed by atoms with van der Waals surface area (Å²) < 4.78 is 27.3. The number of nitrogens with one attached hydrogen (secondary N) is 2. The molecule has 1 aliphatic rings. The van der Waals surface area contributed by atoms with E-state index in [2.05, 4.69) is 10.0 Å². The molecule has 1 fully saturated rings. The maximum Gasteiger partial charge on any atom is 0.215 e. The van der Waals surface area contributed by atoms with E-state index < -0.39 is 10.0 Å². The van der Waals surface area contributed by atoms with Gasteiger partial charge in [0.15, 0.2) is 0 Å². The van der Waals surface area contributed by atoms with Crippen molar-refractivity contribution in [2.75, 3.05) is 13.1 Å². The number of benzene rings is 1. The minimum absolute atomic E-state index is 0.0747. The lowest BCUT2D eigenvalue weighted by molar-refractivity contribution is 0.483. The Morgan fingerprint density at radius 3 is 2.74 bits per heavy atom. The van der Waals surface area contributed by atoms with Crippen molar-refractivity contribution in [2.45, 2.75) is 37.5 Å². The zero-order chi connectivity index (χ0) is 13.7. The van der Waals surface area contributed by atoms with E-state index in [1.54, 1.807) is 0 Å². The Morgan fingerprint density at radius 1 is 1.37 bits per heavy atom. The number of piperidine rings is 1. The molecular formula is C14H22N2O2S. The lowest BCUT2D eigenvalue weighted by atomic mass is 10.1. The van der Waals surface area contributed by atoms with Crippen LogP contribution in [0.25, 0.3) is 0 Å². The largest absolute Gasteiger partial charge is 0.315 e. The van der Waals surface area contributed by atoms with Crippen molar-refractivity contribution in [1.82, 2.24) is 10.0 Å². The second kappa shape index (κ2) is 6.50. The fraction of sp³-hybridized carbons (Fsp3) is 0.571. The molecule has 1 aromatic rings. The van der Waals surface area contributed by atoms with Crippen LogP contribution in [0.3, 0.4) is 0 Å². The van der Waals surface area contributed by atoms with Crippen molar-refractivity contribution >= 4 is 10.0 Å². The van der Waals surface area contributed by atoms with Gasteiger partial charge in [0, 0.05) is 12.6 Å². The van der Waals surface area contributed by atoms with Crippen LogP contribution in [-0.2, 0) is 16.4 Å². The van der Waals surface area contributed by atoms with E-state index in [1.165, 1.54) is 0 Å². The Kier molecular flexibility index (Phi) is 4.96. The summed E-state index contributed by atoms with van der Waals surface area (Å²) in [4.78, 5) is 0. The average molecular weight is 282 g/mol. The molecular weight excluding hydrogens is 260 g/mol. The summed E-state index contributed by atoms with van der Waals surface area (Å²) in [6, 6.07) is 9.88. The van der Waals surface area contributed by atoms with Crippen LogP contribution in [0.15, 0.2) is 30.3 Å². The van der Waals surface area contributed by atoms with Gasteiger partial charge in [-0.3, -0.25) is 0 Å². The van der Waals surface area contributed by atoms with E-state index in [4.69, 9.17) is 0 Å². The molecule has 0 aromatic heterocycles. The van der Waals surface area contributed by atoms with Gasteiger partial charge in [-0.2, -0.15) is 0 Å². The Balaban J connectivity index is 1.92.